The summed E-state index contributed by atoms with van der Waals surface area (Å²) in [7, 11) is 0. The number of carbonyl (C=O) groups is 1. The zero-order valence-corrected chi connectivity index (χ0v) is 11.3. The molecule has 0 spiro atoms. The number of hydrogen-bond acceptors (Lipinski definition) is 2. The van der Waals surface area contributed by atoms with E-state index in [4.69, 9.17) is 16.3 Å². The number of alkyl halides is 1. The number of ether oxygens (including phenoxy) is 1. The van der Waals surface area contributed by atoms with Crippen molar-refractivity contribution in [3.63, 3.8) is 0 Å². The molecule has 2 heterocycles. The van der Waals surface area contributed by atoms with E-state index in [1.54, 1.807) is 0 Å². The lowest BCUT2D eigenvalue weighted by atomic mass is 10.0. The van der Waals surface area contributed by atoms with Crippen LogP contribution in [0.2, 0.25) is 0 Å². The molecule has 0 aromatic rings. The van der Waals surface area contributed by atoms with Crippen molar-refractivity contribution in [2.45, 2.75) is 51.2 Å². The summed E-state index contributed by atoms with van der Waals surface area (Å²) in [5, 5.41) is 0. The Bertz CT molecular complexity index is 272. The van der Waals surface area contributed by atoms with E-state index >= 15 is 0 Å². The van der Waals surface area contributed by atoms with Gasteiger partial charge in [0.25, 0.3) is 0 Å². The Balaban J connectivity index is 1.89. The summed E-state index contributed by atoms with van der Waals surface area (Å²) < 4.78 is 5.49. The van der Waals surface area contributed by atoms with Crippen LogP contribution in [-0.4, -0.2) is 42.0 Å². The molecule has 0 N–H and O–H groups in total. The van der Waals surface area contributed by atoms with Gasteiger partial charge < -0.3 is 9.64 Å². The van der Waals surface area contributed by atoms with Gasteiger partial charge in [-0.3, -0.25) is 4.79 Å². The van der Waals surface area contributed by atoms with E-state index in [0.717, 1.165) is 38.6 Å². The largest absolute Gasteiger partial charge is 0.378 e. The molecule has 3 unspecified atom stereocenters. The van der Waals surface area contributed by atoms with E-state index in [1.807, 2.05) is 6.92 Å². The first kappa shape index (κ1) is 13.2. The minimum Gasteiger partial charge on any atom is -0.378 e. The first-order chi connectivity index (χ1) is 8.22. The van der Waals surface area contributed by atoms with E-state index in [-0.39, 0.29) is 12.0 Å². The maximum atomic E-state index is 12.4. The first-order valence-electron chi connectivity index (χ1n) is 6.70. The molecule has 0 aliphatic carbocycles. The Morgan fingerprint density at radius 3 is 3.00 bits per heavy atom. The molecule has 0 radical (unpaired) electrons. The summed E-state index contributed by atoms with van der Waals surface area (Å²) in [6.07, 6.45) is 5.48. The van der Waals surface area contributed by atoms with Crippen LogP contribution in [0, 0.1) is 5.92 Å². The predicted octanol–water partition coefficient (Wildman–Crippen LogP) is 2.42. The molecule has 0 saturated carbocycles. The van der Waals surface area contributed by atoms with Crippen LogP contribution in [0.4, 0.5) is 0 Å². The van der Waals surface area contributed by atoms with Crippen molar-refractivity contribution < 1.29 is 9.53 Å². The monoisotopic (exact) mass is 259 g/mol. The average Bonchev–Trinajstić information content (AvgIpc) is 2.94. The SMILES string of the molecule is CC1CC(C(=O)N2CCCC2CCCCl)CO1. The quantitative estimate of drug-likeness (QED) is 0.726. The molecule has 17 heavy (non-hydrogen) atoms. The lowest BCUT2D eigenvalue weighted by Gasteiger charge is -2.27. The second-order valence-corrected chi connectivity index (χ2v) is 5.61. The molecule has 2 aliphatic rings. The average molecular weight is 260 g/mol. The van der Waals surface area contributed by atoms with Gasteiger partial charge in [-0.25, -0.2) is 0 Å². The Morgan fingerprint density at radius 1 is 1.53 bits per heavy atom. The third-order valence-electron chi connectivity index (χ3n) is 3.88. The fourth-order valence-electron chi connectivity index (χ4n) is 2.96. The molecule has 2 aliphatic heterocycles. The lowest BCUT2D eigenvalue weighted by molar-refractivity contribution is -0.136. The number of nitrogens with zero attached hydrogens (tertiary/aromatic N) is 1. The second kappa shape index (κ2) is 6.05. The van der Waals surface area contributed by atoms with Crippen molar-refractivity contribution >= 4 is 17.5 Å². The molecule has 1 amide bonds. The van der Waals surface area contributed by atoms with Gasteiger partial charge in [0.1, 0.15) is 0 Å². The fourth-order valence-corrected chi connectivity index (χ4v) is 3.12. The lowest BCUT2D eigenvalue weighted by Crippen LogP contribution is -2.40. The highest BCUT2D eigenvalue weighted by Gasteiger charge is 2.36. The molecule has 3 atom stereocenters. The molecular weight excluding hydrogens is 238 g/mol. The molecule has 2 fully saturated rings. The fraction of sp³-hybridized carbons (Fsp3) is 0.923. The third kappa shape index (κ3) is 3.14. The molecule has 98 valence electrons. The van der Waals surface area contributed by atoms with Gasteiger partial charge in [-0.15, -0.1) is 11.6 Å². The number of likely N-dealkylation sites (tertiary alicyclic amines) is 1. The Morgan fingerprint density at radius 2 is 2.35 bits per heavy atom. The van der Waals surface area contributed by atoms with Crippen LogP contribution >= 0.6 is 11.6 Å². The summed E-state index contributed by atoms with van der Waals surface area (Å²) in [4.78, 5) is 14.5. The van der Waals surface area contributed by atoms with Gasteiger partial charge in [-0.1, -0.05) is 0 Å². The van der Waals surface area contributed by atoms with Crippen LogP contribution in [-0.2, 0) is 9.53 Å². The molecule has 4 heteroatoms. The number of hydrogen-bond donors (Lipinski definition) is 0. The van der Waals surface area contributed by atoms with Crippen LogP contribution in [0.5, 0.6) is 0 Å². The van der Waals surface area contributed by atoms with E-state index in [2.05, 4.69) is 4.90 Å². The number of halogens is 1. The highest BCUT2D eigenvalue weighted by atomic mass is 35.5. The highest BCUT2D eigenvalue weighted by molar-refractivity contribution is 6.17. The minimum absolute atomic E-state index is 0.0987. The summed E-state index contributed by atoms with van der Waals surface area (Å²) in [6.45, 7) is 3.58. The van der Waals surface area contributed by atoms with Gasteiger partial charge >= 0.3 is 0 Å². The minimum atomic E-state index is 0.0987. The normalized spacial score (nSPS) is 33.3. The van der Waals surface area contributed by atoms with Crippen LogP contribution in [0.1, 0.15) is 39.0 Å². The van der Waals surface area contributed by atoms with Crippen molar-refractivity contribution in [1.29, 1.82) is 0 Å². The predicted molar refractivity (Wildman–Crippen MR) is 68.2 cm³/mol. The van der Waals surface area contributed by atoms with Crippen molar-refractivity contribution in [2.75, 3.05) is 19.0 Å². The van der Waals surface area contributed by atoms with Crippen molar-refractivity contribution in [3.05, 3.63) is 0 Å². The summed E-state index contributed by atoms with van der Waals surface area (Å²) >= 11 is 5.73. The van der Waals surface area contributed by atoms with Crippen molar-refractivity contribution in [2.24, 2.45) is 5.92 Å². The van der Waals surface area contributed by atoms with Crippen LogP contribution in [0.25, 0.3) is 0 Å². The number of amides is 1. The Kier molecular flexibility index (Phi) is 4.69. The van der Waals surface area contributed by atoms with E-state index < -0.39 is 0 Å². The van der Waals surface area contributed by atoms with Gasteiger partial charge in [-0.2, -0.15) is 0 Å². The zero-order chi connectivity index (χ0) is 12.3. The van der Waals surface area contributed by atoms with Gasteiger partial charge in [0.05, 0.1) is 18.6 Å². The third-order valence-corrected chi connectivity index (χ3v) is 4.15. The maximum Gasteiger partial charge on any atom is 0.228 e. The molecular formula is C13H22ClNO2. The Labute approximate surface area is 108 Å². The van der Waals surface area contributed by atoms with Gasteiger partial charge in [0.15, 0.2) is 0 Å². The molecule has 0 bridgehead atoms. The number of carbonyl (C=O) groups excluding carboxylic acids is 1. The van der Waals surface area contributed by atoms with Crippen molar-refractivity contribution in [1.82, 2.24) is 4.90 Å². The maximum absolute atomic E-state index is 12.4. The van der Waals surface area contributed by atoms with Gasteiger partial charge in [0.2, 0.25) is 5.91 Å². The zero-order valence-electron chi connectivity index (χ0n) is 10.5. The highest BCUT2D eigenvalue weighted by Crippen LogP contribution is 2.27. The summed E-state index contributed by atoms with van der Waals surface area (Å²) in [5.41, 5.74) is 0. The smallest absolute Gasteiger partial charge is 0.228 e. The van der Waals surface area contributed by atoms with Crippen LogP contribution in [0.15, 0.2) is 0 Å². The molecule has 2 rings (SSSR count). The van der Waals surface area contributed by atoms with Gasteiger partial charge in [-0.05, 0) is 39.0 Å². The molecule has 3 nitrogen and oxygen atoms in total. The topological polar surface area (TPSA) is 29.5 Å². The van der Waals surface area contributed by atoms with Gasteiger partial charge in [0, 0.05) is 18.5 Å². The standard InChI is InChI=1S/C13H22ClNO2/c1-10-8-11(9-17-10)13(16)15-7-3-5-12(15)4-2-6-14/h10-12H,2-9H2,1H3. The molecule has 2 saturated heterocycles. The van der Waals surface area contributed by atoms with E-state index in [9.17, 15) is 4.79 Å². The van der Waals surface area contributed by atoms with Crippen LogP contribution < -0.4 is 0 Å². The second-order valence-electron chi connectivity index (χ2n) is 5.24. The summed E-state index contributed by atoms with van der Waals surface area (Å²) in [5.74, 6) is 1.11. The Hall–Kier alpha value is -0.280. The molecule has 0 aromatic heterocycles. The van der Waals surface area contributed by atoms with Crippen LogP contribution in [0.3, 0.4) is 0 Å². The molecule has 0 aromatic carbocycles. The number of rotatable bonds is 4. The first-order valence-corrected chi connectivity index (χ1v) is 7.24. The van der Waals surface area contributed by atoms with E-state index in [1.165, 1.54) is 0 Å². The summed E-state index contributed by atoms with van der Waals surface area (Å²) in [6, 6.07) is 0.428. The van der Waals surface area contributed by atoms with E-state index in [0.29, 0.717) is 24.4 Å². The van der Waals surface area contributed by atoms with Crippen molar-refractivity contribution in [3.8, 4) is 0 Å².